The van der Waals surface area contributed by atoms with Crippen LogP contribution in [0.1, 0.15) is 76.4 Å². The lowest BCUT2D eigenvalue weighted by atomic mass is 9.72. The molecular weight excluding hydrogens is 352 g/mol. The molecule has 1 heterocycles. The maximum Gasteiger partial charge on any atom is 0.342 e. The molecule has 0 N–H and O–H groups in total. The Morgan fingerprint density at radius 3 is 2.26 bits per heavy atom. The number of hydrogen-bond acceptors (Lipinski definition) is 3. The zero-order chi connectivity index (χ0) is 20.8. The summed E-state index contributed by atoms with van der Waals surface area (Å²) in [6.07, 6.45) is 0.867. The fraction of sp³-hybridized carbons (Fsp3) is 0.609. The Morgan fingerprint density at radius 1 is 1.15 bits per heavy atom. The van der Waals surface area contributed by atoms with Gasteiger partial charge in [0.2, 0.25) is 0 Å². The zero-order valence-electron chi connectivity index (χ0n) is 18.6. The summed E-state index contributed by atoms with van der Waals surface area (Å²) in [5.41, 5.74) is 4.73. The van der Waals surface area contributed by atoms with Crippen molar-refractivity contribution in [1.82, 2.24) is 0 Å². The van der Waals surface area contributed by atoms with Crippen molar-refractivity contribution in [1.29, 1.82) is 0 Å². The second-order valence-electron chi connectivity index (χ2n) is 10.8. The van der Waals surface area contributed by atoms with Gasteiger partial charge in [0.1, 0.15) is 30.6 Å². The molecule has 1 aliphatic rings. The van der Waals surface area contributed by atoms with E-state index in [0.717, 1.165) is 17.5 Å². The predicted octanol–water partition coefficient (Wildman–Crippen LogP) is 5.71. The topological polar surface area (TPSA) is 35.5 Å². The normalized spacial score (nSPS) is 17.9. The lowest BCUT2D eigenvalue weighted by Gasteiger charge is -2.43. The molecule has 1 aromatic rings. The fourth-order valence-electron chi connectivity index (χ4n) is 3.53. The van der Waals surface area contributed by atoms with Crippen LogP contribution in [0.25, 0.3) is 0 Å². The summed E-state index contributed by atoms with van der Waals surface area (Å²) in [6, 6.07) is 3.92. The average Bonchev–Trinajstić information content (AvgIpc) is 2.40. The highest BCUT2D eigenvalue weighted by Crippen LogP contribution is 2.47. The second-order valence-corrected chi connectivity index (χ2v) is 15.6. The lowest BCUT2D eigenvalue weighted by Crippen LogP contribution is -2.42. The molecule has 1 aliphatic heterocycles. The molecule has 148 valence electrons. The van der Waals surface area contributed by atoms with Gasteiger partial charge >= 0.3 is 5.97 Å². The van der Waals surface area contributed by atoms with Gasteiger partial charge in [-0.25, -0.2) is 4.79 Å². The van der Waals surface area contributed by atoms with Gasteiger partial charge in [-0.05, 0) is 58.6 Å². The number of carbonyl (C=O) groups is 1. The van der Waals surface area contributed by atoms with Crippen molar-refractivity contribution in [2.75, 3.05) is 0 Å². The smallest absolute Gasteiger partial charge is 0.342 e. The zero-order valence-corrected chi connectivity index (χ0v) is 19.6. The molecule has 0 atom stereocenters. The van der Waals surface area contributed by atoms with Crippen LogP contribution >= 0.6 is 0 Å². The van der Waals surface area contributed by atoms with Gasteiger partial charge < -0.3 is 9.47 Å². The van der Waals surface area contributed by atoms with Crippen LogP contribution in [0, 0.1) is 11.5 Å². The van der Waals surface area contributed by atoms with Gasteiger partial charge in [-0.3, -0.25) is 0 Å². The van der Waals surface area contributed by atoms with E-state index < -0.39 is 13.7 Å². The standard InChI is InChI=1S/C23H34O3Si/c1-21(2,3)26-20(24)17-13-16(11-12-27(8,9)10)14-18-19(17)25-23(6,7)15-22(18,4)5/h13-14H,15H2,1-10H3. The van der Waals surface area contributed by atoms with E-state index in [2.05, 4.69) is 64.9 Å². The molecule has 27 heavy (non-hydrogen) atoms. The predicted molar refractivity (Wildman–Crippen MR) is 114 cm³/mol. The molecule has 0 spiro atoms. The number of rotatable bonds is 1. The Morgan fingerprint density at radius 2 is 1.74 bits per heavy atom. The summed E-state index contributed by atoms with van der Waals surface area (Å²) in [7, 11) is -1.53. The molecule has 0 fully saturated rings. The summed E-state index contributed by atoms with van der Waals surface area (Å²) >= 11 is 0. The first-order chi connectivity index (χ1) is 12.0. The summed E-state index contributed by atoms with van der Waals surface area (Å²) in [4.78, 5) is 13.0. The van der Waals surface area contributed by atoms with E-state index in [0.29, 0.717) is 11.3 Å². The Hall–Kier alpha value is -1.73. The van der Waals surface area contributed by atoms with E-state index in [-0.39, 0.29) is 17.0 Å². The van der Waals surface area contributed by atoms with Crippen molar-refractivity contribution in [2.24, 2.45) is 0 Å². The van der Waals surface area contributed by atoms with Crippen molar-refractivity contribution in [3.63, 3.8) is 0 Å². The van der Waals surface area contributed by atoms with Crippen LogP contribution in [0.15, 0.2) is 12.1 Å². The molecule has 0 aromatic heterocycles. The molecule has 0 saturated heterocycles. The minimum absolute atomic E-state index is 0.120. The first-order valence-electron chi connectivity index (χ1n) is 9.63. The molecule has 4 heteroatoms. The Kier molecular flexibility index (Phi) is 5.35. The van der Waals surface area contributed by atoms with Crippen LogP contribution in [-0.2, 0) is 10.2 Å². The Balaban J connectivity index is 2.69. The van der Waals surface area contributed by atoms with E-state index in [1.54, 1.807) is 0 Å². The third-order valence-electron chi connectivity index (χ3n) is 4.26. The second kappa shape index (κ2) is 6.70. The number of hydrogen-bond donors (Lipinski definition) is 0. The molecule has 0 amide bonds. The first kappa shape index (κ1) is 21.6. The molecular formula is C23H34O3Si. The molecule has 0 unspecified atom stereocenters. The van der Waals surface area contributed by atoms with Crippen molar-refractivity contribution in [3.8, 4) is 17.2 Å². The summed E-state index contributed by atoms with van der Waals surface area (Å²) in [5, 5.41) is 0. The van der Waals surface area contributed by atoms with E-state index in [1.807, 2.05) is 26.8 Å². The largest absolute Gasteiger partial charge is 0.487 e. The number of benzene rings is 1. The monoisotopic (exact) mass is 386 g/mol. The van der Waals surface area contributed by atoms with Crippen LogP contribution in [-0.4, -0.2) is 25.2 Å². The van der Waals surface area contributed by atoms with Gasteiger partial charge in [0.15, 0.2) is 0 Å². The average molecular weight is 387 g/mol. The minimum Gasteiger partial charge on any atom is -0.487 e. The van der Waals surface area contributed by atoms with E-state index >= 15 is 0 Å². The number of ether oxygens (including phenoxy) is 2. The van der Waals surface area contributed by atoms with Crippen LogP contribution in [0.3, 0.4) is 0 Å². The SMILES string of the molecule is CC(C)(C)OC(=O)c1cc(C#C[Si](C)(C)C)cc2c1OC(C)(C)CC2(C)C. The van der Waals surface area contributed by atoms with Gasteiger partial charge in [0.05, 0.1) is 0 Å². The van der Waals surface area contributed by atoms with Crippen LogP contribution in [0.2, 0.25) is 19.6 Å². The quantitative estimate of drug-likeness (QED) is 0.352. The third-order valence-corrected chi connectivity index (χ3v) is 5.14. The molecule has 3 nitrogen and oxygen atoms in total. The van der Waals surface area contributed by atoms with Crippen molar-refractivity contribution < 1.29 is 14.3 Å². The number of carbonyl (C=O) groups excluding carboxylic acids is 1. The maximum atomic E-state index is 13.0. The molecule has 0 saturated carbocycles. The van der Waals surface area contributed by atoms with Gasteiger partial charge in [0.25, 0.3) is 0 Å². The van der Waals surface area contributed by atoms with Crippen molar-refractivity contribution in [3.05, 3.63) is 28.8 Å². The van der Waals surface area contributed by atoms with Gasteiger partial charge in [-0.15, -0.1) is 5.54 Å². The lowest BCUT2D eigenvalue weighted by molar-refractivity contribution is 0.00485. The van der Waals surface area contributed by atoms with E-state index in [9.17, 15) is 4.79 Å². The highest BCUT2D eigenvalue weighted by Gasteiger charge is 2.41. The molecule has 0 aliphatic carbocycles. The highest BCUT2D eigenvalue weighted by molar-refractivity contribution is 6.83. The van der Waals surface area contributed by atoms with Crippen molar-refractivity contribution >= 4 is 14.0 Å². The van der Waals surface area contributed by atoms with Crippen molar-refractivity contribution in [2.45, 2.75) is 91.1 Å². The van der Waals surface area contributed by atoms with Gasteiger partial charge in [-0.2, -0.15) is 0 Å². The Bertz CT molecular complexity index is 809. The molecule has 2 rings (SSSR count). The Labute approximate surface area is 165 Å². The maximum absolute atomic E-state index is 13.0. The summed E-state index contributed by atoms with van der Waals surface area (Å²) < 4.78 is 11.9. The molecule has 1 aromatic carbocycles. The minimum atomic E-state index is -1.53. The summed E-state index contributed by atoms with van der Waals surface area (Å²) in [5.74, 6) is 3.58. The summed E-state index contributed by atoms with van der Waals surface area (Å²) in [6.45, 7) is 20.8. The van der Waals surface area contributed by atoms with E-state index in [4.69, 9.17) is 9.47 Å². The first-order valence-corrected chi connectivity index (χ1v) is 13.1. The molecule has 0 bridgehead atoms. The fourth-order valence-corrected chi connectivity index (χ4v) is 4.05. The van der Waals surface area contributed by atoms with E-state index in [1.165, 1.54) is 0 Å². The van der Waals surface area contributed by atoms with Crippen LogP contribution < -0.4 is 4.74 Å². The van der Waals surface area contributed by atoms with Crippen LogP contribution in [0.5, 0.6) is 5.75 Å². The molecule has 0 radical (unpaired) electrons. The number of fused-ring (bicyclic) bond motifs is 1. The van der Waals surface area contributed by atoms with Crippen LogP contribution in [0.4, 0.5) is 0 Å². The third kappa shape index (κ3) is 5.62. The number of esters is 1. The highest BCUT2D eigenvalue weighted by atomic mass is 28.3. The van der Waals surface area contributed by atoms with Gasteiger partial charge in [-0.1, -0.05) is 39.4 Å². The van der Waals surface area contributed by atoms with Gasteiger partial charge in [0, 0.05) is 11.1 Å².